The van der Waals surface area contributed by atoms with E-state index in [1.165, 1.54) is 22.4 Å². The predicted molar refractivity (Wildman–Crippen MR) is 118 cm³/mol. The summed E-state index contributed by atoms with van der Waals surface area (Å²) in [6.07, 6.45) is 3.08. The Morgan fingerprint density at radius 2 is 1.86 bits per heavy atom. The highest BCUT2D eigenvalue weighted by Gasteiger charge is 2.46. The third-order valence-electron chi connectivity index (χ3n) is 5.93. The molecule has 3 nitrogen and oxygen atoms in total. The molecule has 0 N–H and O–H groups in total. The Labute approximate surface area is 174 Å². The number of amides is 1. The van der Waals surface area contributed by atoms with Gasteiger partial charge >= 0.3 is 0 Å². The fourth-order valence-electron chi connectivity index (χ4n) is 4.19. The van der Waals surface area contributed by atoms with Crippen molar-refractivity contribution in [2.75, 3.05) is 0 Å². The Morgan fingerprint density at radius 3 is 2.59 bits per heavy atom. The van der Waals surface area contributed by atoms with Crippen LogP contribution in [0, 0.1) is 12.8 Å². The van der Waals surface area contributed by atoms with Crippen molar-refractivity contribution < 1.29 is 4.79 Å². The maximum absolute atomic E-state index is 13.3. The van der Waals surface area contributed by atoms with Gasteiger partial charge < -0.3 is 9.47 Å². The highest BCUT2D eigenvalue weighted by atomic mass is 16.2. The highest BCUT2D eigenvalue weighted by molar-refractivity contribution is 5.83. The number of aryl methyl sites for hydroxylation is 1. The Kier molecular flexibility index (Phi) is 5.57. The van der Waals surface area contributed by atoms with Crippen LogP contribution in [-0.4, -0.2) is 21.4 Å². The van der Waals surface area contributed by atoms with E-state index in [-0.39, 0.29) is 17.9 Å². The molecule has 29 heavy (non-hydrogen) atoms. The number of benzene rings is 2. The van der Waals surface area contributed by atoms with Gasteiger partial charge in [-0.05, 0) is 56.4 Å². The van der Waals surface area contributed by atoms with Crippen molar-refractivity contribution in [3.05, 3.63) is 95.3 Å². The zero-order valence-electron chi connectivity index (χ0n) is 17.6. The number of rotatable bonds is 7. The Balaban J connectivity index is 1.47. The van der Waals surface area contributed by atoms with Crippen LogP contribution >= 0.6 is 0 Å². The standard InChI is InChI=1S/C26H30N2O/c1-19(2)28(26(29)25-16-24(25)22-11-5-4-6-12-22)18-23-13-8-14-27(23)17-21-10-7-9-20(3)15-21/h4-15,19,24-25H,16-18H2,1-3H3/t24-,25+/m0/s1. The maximum atomic E-state index is 13.3. The molecule has 150 valence electrons. The van der Waals surface area contributed by atoms with Gasteiger partial charge in [-0.1, -0.05) is 60.2 Å². The van der Waals surface area contributed by atoms with Crippen molar-refractivity contribution in [1.29, 1.82) is 0 Å². The van der Waals surface area contributed by atoms with Gasteiger partial charge in [-0.15, -0.1) is 0 Å². The van der Waals surface area contributed by atoms with Gasteiger partial charge in [0.05, 0.1) is 6.54 Å². The van der Waals surface area contributed by atoms with Gasteiger partial charge in [0.1, 0.15) is 0 Å². The minimum Gasteiger partial charge on any atom is -0.345 e. The summed E-state index contributed by atoms with van der Waals surface area (Å²) in [5.41, 5.74) is 5.04. The van der Waals surface area contributed by atoms with E-state index in [1.807, 2.05) is 6.07 Å². The first-order valence-electron chi connectivity index (χ1n) is 10.6. The second kappa shape index (κ2) is 8.28. The molecule has 0 bridgehead atoms. The molecule has 1 fully saturated rings. The molecule has 2 aromatic carbocycles. The third-order valence-corrected chi connectivity index (χ3v) is 5.93. The van der Waals surface area contributed by atoms with Gasteiger partial charge in [-0.25, -0.2) is 0 Å². The topological polar surface area (TPSA) is 25.2 Å². The summed E-state index contributed by atoms with van der Waals surface area (Å²) < 4.78 is 2.26. The second-order valence-electron chi connectivity index (χ2n) is 8.54. The summed E-state index contributed by atoms with van der Waals surface area (Å²) in [5, 5.41) is 0. The van der Waals surface area contributed by atoms with Gasteiger partial charge in [0.2, 0.25) is 5.91 Å². The zero-order chi connectivity index (χ0) is 20.4. The van der Waals surface area contributed by atoms with E-state index in [0.717, 1.165) is 13.0 Å². The molecular formula is C26H30N2O. The average molecular weight is 387 g/mol. The Hall–Kier alpha value is -2.81. The van der Waals surface area contributed by atoms with Crippen molar-refractivity contribution in [3.63, 3.8) is 0 Å². The number of aromatic nitrogens is 1. The summed E-state index contributed by atoms with van der Waals surface area (Å²) in [7, 11) is 0. The largest absolute Gasteiger partial charge is 0.345 e. The van der Waals surface area contributed by atoms with Crippen molar-refractivity contribution in [2.24, 2.45) is 5.92 Å². The number of nitrogens with zero attached hydrogens (tertiary/aromatic N) is 2. The summed E-state index contributed by atoms with van der Waals surface area (Å²) in [5.74, 6) is 0.793. The smallest absolute Gasteiger partial charge is 0.226 e. The molecule has 1 amide bonds. The van der Waals surface area contributed by atoms with Crippen LogP contribution in [0.4, 0.5) is 0 Å². The Morgan fingerprint density at radius 1 is 1.07 bits per heavy atom. The summed E-state index contributed by atoms with van der Waals surface area (Å²) in [6.45, 7) is 7.85. The molecule has 1 aromatic heterocycles. The number of carbonyl (C=O) groups excluding carboxylic acids is 1. The molecule has 2 atom stereocenters. The van der Waals surface area contributed by atoms with E-state index >= 15 is 0 Å². The molecular weight excluding hydrogens is 356 g/mol. The molecule has 0 saturated heterocycles. The van der Waals surface area contributed by atoms with E-state index in [9.17, 15) is 4.79 Å². The molecule has 0 unspecified atom stereocenters. The van der Waals surface area contributed by atoms with Crippen LogP contribution in [0.5, 0.6) is 0 Å². The van der Waals surface area contributed by atoms with E-state index in [4.69, 9.17) is 0 Å². The minimum absolute atomic E-state index is 0.125. The second-order valence-corrected chi connectivity index (χ2v) is 8.54. The average Bonchev–Trinajstić information content (AvgIpc) is 3.40. The monoisotopic (exact) mass is 386 g/mol. The fraction of sp³-hybridized carbons (Fsp3) is 0.346. The molecule has 0 spiro atoms. The molecule has 1 heterocycles. The number of carbonyl (C=O) groups is 1. The van der Waals surface area contributed by atoms with Gasteiger partial charge in [0, 0.05) is 30.4 Å². The molecule has 0 aliphatic heterocycles. The highest BCUT2D eigenvalue weighted by Crippen LogP contribution is 2.48. The first-order valence-corrected chi connectivity index (χ1v) is 10.6. The molecule has 3 aromatic rings. The first-order chi connectivity index (χ1) is 14.0. The normalized spacial score (nSPS) is 18.1. The predicted octanol–water partition coefficient (Wildman–Crippen LogP) is 5.39. The van der Waals surface area contributed by atoms with Gasteiger partial charge in [0.25, 0.3) is 0 Å². The van der Waals surface area contributed by atoms with Crippen LogP contribution in [0.2, 0.25) is 0 Å². The number of hydrogen-bond donors (Lipinski definition) is 0. The van der Waals surface area contributed by atoms with E-state index in [1.54, 1.807) is 0 Å². The zero-order valence-corrected chi connectivity index (χ0v) is 17.6. The molecule has 3 heteroatoms. The van der Waals surface area contributed by atoms with Crippen molar-refractivity contribution in [2.45, 2.75) is 52.2 Å². The van der Waals surface area contributed by atoms with Crippen LogP contribution in [0.25, 0.3) is 0 Å². The molecule has 0 radical (unpaired) electrons. The molecule has 1 aliphatic rings. The molecule has 1 aliphatic carbocycles. The van der Waals surface area contributed by atoms with E-state index in [2.05, 4.69) is 97.1 Å². The summed E-state index contributed by atoms with van der Waals surface area (Å²) in [6, 6.07) is 23.5. The van der Waals surface area contributed by atoms with E-state index < -0.39 is 0 Å². The first kappa shape index (κ1) is 19.5. The molecule has 4 rings (SSSR count). The lowest BCUT2D eigenvalue weighted by atomic mass is 10.1. The van der Waals surface area contributed by atoms with Crippen molar-refractivity contribution in [3.8, 4) is 0 Å². The van der Waals surface area contributed by atoms with Gasteiger partial charge in [0.15, 0.2) is 0 Å². The quantitative estimate of drug-likeness (QED) is 0.535. The van der Waals surface area contributed by atoms with Gasteiger partial charge in [-0.3, -0.25) is 4.79 Å². The van der Waals surface area contributed by atoms with Crippen LogP contribution in [0.3, 0.4) is 0 Å². The van der Waals surface area contributed by atoms with Crippen LogP contribution < -0.4 is 0 Å². The van der Waals surface area contributed by atoms with E-state index in [0.29, 0.717) is 12.5 Å². The Bertz CT molecular complexity index is 973. The fourth-order valence-corrected chi connectivity index (χ4v) is 4.19. The molecule has 1 saturated carbocycles. The number of hydrogen-bond acceptors (Lipinski definition) is 1. The van der Waals surface area contributed by atoms with Crippen LogP contribution in [0.1, 0.15) is 48.6 Å². The SMILES string of the molecule is Cc1cccc(Cn2cccc2CN(C(=O)[C@@H]2C[C@H]2c2ccccc2)C(C)C)c1. The van der Waals surface area contributed by atoms with Crippen molar-refractivity contribution in [1.82, 2.24) is 9.47 Å². The van der Waals surface area contributed by atoms with Crippen LogP contribution in [0.15, 0.2) is 72.9 Å². The lowest BCUT2D eigenvalue weighted by Gasteiger charge is -2.28. The third kappa shape index (κ3) is 4.45. The van der Waals surface area contributed by atoms with Crippen molar-refractivity contribution >= 4 is 5.91 Å². The maximum Gasteiger partial charge on any atom is 0.226 e. The summed E-state index contributed by atoms with van der Waals surface area (Å²) in [4.78, 5) is 15.3. The summed E-state index contributed by atoms with van der Waals surface area (Å²) >= 11 is 0. The van der Waals surface area contributed by atoms with Crippen LogP contribution in [-0.2, 0) is 17.9 Å². The minimum atomic E-state index is 0.125. The lowest BCUT2D eigenvalue weighted by molar-refractivity contribution is -0.135. The lowest BCUT2D eigenvalue weighted by Crippen LogP contribution is -2.38. The van der Waals surface area contributed by atoms with Gasteiger partial charge in [-0.2, -0.15) is 0 Å².